The normalized spacial score (nSPS) is 14.1. The molecule has 0 aliphatic heterocycles. The monoisotopic (exact) mass is 324 g/mol. The Hall–Kier alpha value is -3.41. The summed E-state index contributed by atoms with van der Waals surface area (Å²) in [6.07, 6.45) is 2.09. The summed E-state index contributed by atoms with van der Waals surface area (Å²) in [7, 11) is 0. The molecule has 0 fully saturated rings. The van der Waals surface area contributed by atoms with Gasteiger partial charge in [-0.25, -0.2) is 9.59 Å². The first kappa shape index (κ1) is 15.5. The van der Waals surface area contributed by atoms with Gasteiger partial charge in [-0.05, 0) is 23.6 Å². The molecule has 24 heavy (non-hydrogen) atoms. The van der Waals surface area contributed by atoms with E-state index in [2.05, 4.69) is 0 Å². The minimum Gasteiger partial charge on any atom is -0.478 e. The van der Waals surface area contributed by atoms with E-state index in [9.17, 15) is 24.6 Å². The fourth-order valence-corrected chi connectivity index (χ4v) is 2.51. The average Bonchev–Trinajstić information content (AvgIpc) is 2.54. The lowest BCUT2D eigenvalue weighted by Crippen LogP contribution is -2.15. The highest BCUT2D eigenvalue weighted by Gasteiger charge is 2.24. The van der Waals surface area contributed by atoms with Crippen molar-refractivity contribution in [3.05, 3.63) is 65.4 Å². The molecule has 0 amide bonds. The van der Waals surface area contributed by atoms with Gasteiger partial charge in [0.25, 0.3) is 0 Å². The summed E-state index contributed by atoms with van der Waals surface area (Å²) >= 11 is 0. The van der Waals surface area contributed by atoms with Crippen molar-refractivity contribution in [2.24, 2.45) is 0 Å². The van der Waals surface area contributed by atoms with E-state index >= 15 is 0 Å². The van der Waals surface area contributed by atoms with Crippen molar-refractivity contribution in [1.82, 2.24) is 0 Å². The van der Waals surface area contributed by atoms with Crippen LogP contribution in [0.25, 0.3) is 10.8 Å². The minimum absolute atomic E-state index is 0.0254. The molecule has 3 rings (SSSR count). The molecule has 6 heteroatoms. The van der Waals surface area contributed by atoms with Gasteiger partial charge in [-0.15, -0.1) is 0 Å². The number of carboxylic acid groups (broad SMARTS) is 2. The van der Waals surface area contributed by atoms with Gasteiger partial charge in [0, 0.05) is 5.39 Å². The number of aromatic carboxylic acids is 1. The lowest BCUT2D eigenvalue weighted by molar-refractivity contribution is -0.132. The second-order valence-corrected chi connectivity index (χ2v) is 5.19. The lowest BCUT2D eigenvalue weighted by Gasteiger charge is -2.17. The zero-order valence-electron chi connectivity index (χ0n) is 12.4. The Labute approximate surface area is 136 Å². The Kier molecular flexibility index (Phi) is 3.87. The molecule has 2 aromatic rings. The van der Waals surface area contributed by atoms with E-state index in [0.29, 0.717) is 5.39 Å². The van der Waals surface area contributed by atoms with Crippen molar-refractivity contribution >= 4 is 28.5 Å². The molecule has 0 aromatic heterocycles. The van der Waals surface area contributed by atoms with Crippen LogP contribution in [-0.4, -0.2) is 27.9 Å². The summed E-state index contributed by atoms with van der Waals surface area (Å²) < 4.78 is 5.65. The SMILES string of the molecule is O=C1C=CC(C(=O)O)=C(Oc2c(C(=O)O)ccc3ccccc23)C1. The molecule has 2 N–H and O–H groups in total. The van der Waals surface area contributed by atoms with E-state index in [1.54, 1.807) is 30.3 Å². The van der Waals surface area contributed by atoms with Gasteiger partial charge in [-0.2, -0.15) is 0 Å². The molecule has 0 saturated heterocycles. The first-order valence-corrected chi connectivity index (χ1v) is 7.07. The van der Waals surface area contributed by atoms with Crippen molar-refractivity contribution in [2.45, 2.75) is 6.42 Å². The topological polar surface area (TPSA) is 101 Å². The largest absolute Gasteiger partial charge is 0.478 e. The number of ether oxygens (including phenoxy) is 1. The molecule has 0 spiro atoms. The summed E-state index contributed by atoms with van der Waals surface area (Å²) in [5.74, 6) is -2.81. The highest BCUT2D eigenvalue weighted by Crippen LogP contribution is 2.33. The fraction of sp³-hybridized carbons (Fsp3) is 0.0556. The predicted octanol–water partition coefficient (Wildman–Crippen LogP) is 2.78. The van der Waals surface area contributed by atoms with Crippen LogP contribution in [0.15, 0.2) is 59.9 Å². The van der Waals surface area contributed by atoms with Crippen LogP contribution in [0.1, 0.15) is 16.8 Å². The maximum Gasteiger partial charge on any atom is 0.339 e. The second-order valence-electron chi connectivity index (χ2n) is 5.19. The molecule has 6 nitrogen and oxygen atoms in total. The van der Waals surface area contributed by atoms with Crippen LogP contribution in [0, 0.1) is 0 Å². The highest BCUT2D eigenvalue weighted by atomic mass is 16.5. The van der Waals surface area contributed by atoms with Gasteiger partial charge in [0.05, 0.1) is 12.0 Å². The molecule has 1 aliphatic carbocycles. The zero-order chi connectivity index (χ0) is 17.3. The minimum atomic E-state index is -1.24. The molecule has 2 aromatic carbocycles. The molecule has 0 atom stereocenters. The predicted molar refractivity (Wildman–Crippen MR) is 85.0 cm³/mol. The molecule has 1 aliphatic rings. The summed E-state index contributed by atoms with van der Waals surface area (Å²) in [5, 5.41) is 19.9. The average molecular weight is 324 g/mol. The lowest BCUT2D eigenvalue weighted by atomic mass is 10.0. The standard InChI is InChI=1S/C18H12O6/c19-11-6-8-13(17(20)21)15(9-11)24-16-12-4-2-1-3-10(12)5-7-14(16)18(22)23/h1-8H,9H2,(H,20,21)(H,22,23). The molecule has 0 radical (unpaired) electrons. The highest BCUT2D eigenvalue weighted by molar-refractivity contribution is 6.02. The summed E-state index contributed by atoms with van der Waals surface area (Å²) in [4.78, 5) is 34.4. The van der Waals surface area contributed by atoms with Gasteiger partial charge < -0.3 is 14.9 Å². The molecule has 0 saturated carbocycles. The number of carbonyl (C=O) groups excluding carboxylic acids is 1. The summed E-state index contributed by atoms with van der Waals surface area (Å²) in [6.45, 7) is 0. The van der Waals surface area contributed by atoms with Crippen molar-refractivity contribution in [3.8, 4) is 5.75 Å². The number of allylic oxidation sites excluding steroid dienone is 2. The number of fused-ring (bicyclic) bond motifs is 1. The molecule has 0 unspecified atom stereocenters. The molecule has 0 heterocycles. The van der Waals surface area contributed by atoms with Crippen molar-refractivity contribution in [1.29, 1.82) is 0 Å². The van der Waals surface area contributed by atoms with Crippen LogP contribution in [0.3, 0.4) is 0 Å². The van der Waals surface area contributed by atoms with E-state index in [1.807, 2.05) is 0 Å². The van der Waals surface area contributed by atoms with Gasteiger partial charge in [-0.1, -0.05) is 30.3 Å². The van der Waals surface area contributed by atoms with Gasteiger partial charge in [0.2, 0.25) is 0 Å². The molecule has 120 valence electrons. The summed E-state index contributed by atoms with van der Waals surface area (Å²) in [6, 6.07) is 10.0. The molecule has 0 bridgehead atoms. The maximum atomic E-state index is 11.6. The Bertz CT molecular complexity index is 936. The third kappa shape index (κ3) is 2.77. The number of benzene rings is 2. The van der Waals surface area contributed by atoms with E-state index < -0.39 is 11.9 Å². The van der Waals surface area contributed by atoms with Gasteiger partial charge in [0.15, 0.2) is 5.78 Å². The van der Waals surface area contributed by atoms with E-state index in [0.717, 1.165) is 17.5 Å². The molecular weight excluding hydrogens is 312 g/mol. The second kappa shape index (κ2) is 6.00. The first-order valence-electron chi connectivity index (χ1n) is 7.07. The van der Waals surface area contributed by atoms with Crippen molar-refractivity contribution in [2.75, 3.05) is 0 Å². The van der Waals surface area contributed by atoms with Crippen LogP contribution in [-0.2, 0) is 9.59 Å². The number of carbonyl (C=O) groups is 3. The van der Waals surface area contributed by atoms with Crippen LogP contribution in [0.5, 0.6) is 5.75 Å². The molecular formula is C18H12O6. The Morgan fingerprint density at radius 2 is 1.71 bits per heavy atom. The number of hydrogen-bond donors (Lipinski definition) is 2. The van der Waals surface area contributed by atoms with Crippen LogP contribution >= 0.6 is 0 Å². The Balaban J connectivity index is 2.20. The van der Waals surface area contributed by atoms with Crippen molar-refractivity contribution < 1.29 is 29.3 Å². The Morgan fingerprint density at radius 3 is 2.42 bits per heavy atom. The van der Waals surface area contributed by atoms with Gasteiger partial charge >= 0.3 is 11.9 Å². The fourth-order valence-electron chi connectivity index (χ4n) is 2.51. The van der Waals surface area contributed by atoms with Gasteiger partial charge in [0.1, 0.15) is 17.1 Å². The number of ketones is 1. The quantitative estimate of drug-likeness (QED) is 0.897. The number of carboxylic acids is 2. The van der Waals surface area contributed by atoms with E-state index in [4.69, 9.17) is 4.74 Å². The number of aliphatic carboxylic acids is 1. The van der Waals surface area contributed by atoms with Crippen LogP contribution < -0.4 is 4.74 Å². The smallest absolute Gasteiger partial charge is 0.339 e. The zero-order valence-corrected chi connectivity index (χ0v) is 12.4. The number of hydrogen-bond acceptors (Lipinski definition) is 4. The number of rotatable bonds is 4. The van der Waals surface area contributed by atoms with Gasteiger partial charge in [-0.3, -0.25) is 4.79 Å². The first-order chi connectivity index (χ1) is 11.5. The third-order valence-corrected chi connectivity index (χ3v) is 3.64. The van der Waals surface area contributed by atoms with Crippen molar-refractivity contribution in [3.63, 3.8) is 0 Å². The third-order valence-electron chi connectivity index (χ3n) is 3.64. The Morgan fingerprint density at radius 1 is 0.958 bits per heavy atom. The summed E-state index contributed by atoms with van der Waals surface area (Å²) in [5.41, 5.74) is -0.271. The van der Waals surface area contributed by atoms with E-state index in [1.165, 1.54) is 6.07 Å². The maximum absolute atomic E-state index is 11.6. The van der Waals surface area contributed by atoms with Crippen LogP contribution in [0.2, 0.25) is 0 Å². The van der Waals surface area contributed by atoms with Crippen LogP contribution in [0.4, 0.5) is 0 Å². The van der Waals surface area contributed by atoms with E-state index in [-0.39, 0.29) is 34.8 Å².